The van der Waals surface area contributed by atoms with E-state index in [1.54, 1.807) is 6.92 Å². The number of hydroxylamine groups is 2. The number of amides is 1. The van der Waals surface area contributed by atoms with Crippen molar-refractivity contribution >= 4 is 25.1 Å². The molecule has 1 saturated heterocycles. The van der Waals surface area contributed by atoms with E-state index in [4.69, 9.17) is 9.57 Å². The van der Waals surface area contributed by atoms with E-state index in [-0.39, 0.29) is 31.0 Å². The highest BCUT2D eigenvalue weighted by molar-refractivity contribution is 6.89. The van der Waals surface area contributed by atoms with Crippen molar-refractivity contribution in [3.05, 3.63) is 66.2 Å². The van der Waals surface area contributed by atoms with Gasteiger partial charge in [-0.1, -0.05) is 78.9 Å². The number of ether oxygens (including phenoxy) is 1. The van der Waals surface area contributed by atoms with Gasteiger partial charge in [0.15, 0.2) is 6.04 Å². The molecule has 1 heterocycles. The van der Waals surface area contributed by atoms with E-state index in [1.165, 1.54) is 10.2 Å². The number of carbonyl (C=O) groups excluding carboxylic acids is 2. The predicted octanol–water partition coefficient (Wildman–Crippen LogP) is 3.90. The molecular weight excluding hydrogens is 394 g/mol. The van der Waals surface area contributed by atoms with Crippen molar-refractivity contribution in [1.82, 2.24) is 5.06 Å². The van der Waals surface area contributed by atoms with Gasteiger partial charge in [0, 0.05) is 6.42 Å². The quantitative estimate of drug-likeness (QED) is 0.475. The minimum absolute atomic E-state index is 0.0133. The van der Waals surface area contributed by atoms with E-state index in [9.17, 15) is 9.59 Å². The van der Waals surface area contributed by atoms with E-state index < -0.39 is 14.1 Å². The molecule has 1 amide bonds. The van der Waals surface area contributed by atoms with Crippen LogP contribution in [-0.2, 0) is 25.8 Å². The molecule has 6 heteroatoms. The van der Waals surface area contributed by atoms with Crippen LogP contribution in [0.4, 0.5) is 0 Å². The lowest BCUT2D eigenvalue weighted by Crippen LogP contribution is -2.56. The number of benzene rings is 2. The minimum Gasteiger partial charge on any atom is -0.464 e. The lowest BCUT2D eigenvalue weighted by molar-refractivity contribution is -0.225. The first-order valence-electron chi connectivity index (χ1n) is 10.6. The molecule has 1 aliphatic heterocycles. The van der Waals surface area contributed by atoms with Crippen molar-refractivity contribution in [3.8, 4) is 0 Å². The summed E-state index contributed by atoms with van der Waals surface area (Å²) < 4.78 is 5.37. The van der Waals surface area contributed by atoms with Crippen molar-refractivity contribution < 1.29 is 19.2 Å². The molecule has 1 fully saturated rings. The summed E-state index contributed by atoms with van der Waals surface area (Å²) in [7, 11) is -1.82. The average Bonchev–Trinajstić information content (AvgIpc) is 2.75. The van der Waals surface area contributed by atoms with Gasteiger partial charge in [-0.15, -0.1) is 0 Å². The molecule has 0 radical (unpaired) electrons. The number of piperidine rings is 1. The summed E-state index contributed by atoms with van der Waals surface area (Å²) in [6.45, 7) is 6.94. The van der Waals surface area contributed by atoms with Gasteiger partial charge in [-0.25, -0.2) is 9.86 Å². The third kappa shape index (κ3) is 5.37. The molecule has 2 aromatic rings. The fraction of sp³-hybridized carbons (Fsp3) is 0.417. The van der Waals surface area contributed by atoms with Gasteiger partial charge in [-0.3, -0.25) is 9.63 Å². The fourth-order valence-electron chi connectivity index (χ4n) is 4.19. The van der Waals surface area contributed by atoms with Crippen molar-refractivity contribution in [2.45, 2.75) is 51.6 Å². The molecule has 5 nitrogen and oxygen atoms in total. The molecular formula is C24H31NO4Si. The molecule has 2 atom stereocenters. The van der Waals surface area contributed by atoms with Crippen LogP contribution in [0, 0.1) is 5.92 Å². The van der Waals surface area contributed by atoms with Crippen LogP contribution < -0.4 is 5.19 Å². The Morgan fingerprint density at radius 3 is 2.33 bits per heavy atom. The molecule has 2 aromatic carbocycles. The summed E-state index contributed by atoms with van der Waals surface area (Å²) in [4.78, 5) is 31.5. The highest BCUT2D eigenvalue weighted by atomic mass is 28.3. The number of nitrogens with zero attached hydrogens (tertiary/aromatic N) is 1. The molecule has 30 heavy (non-hydrogen) atoms. The van der Waals surface area contributed by atoms with Crippen molar-refractivity contribution in [2.24, 2.45) is 5.92 Å². The van der Waals surface area contributed by atoms with E-state index in [2.05, 4.69) is 37.4 Å². The maximum atomic E-state index is 12.9. The molecule has 0 bridgehead atoms. The maximum absolute atomic E-state index is 12.9. The van der Waals surface area contributed by atoms with E-state index in [0.717, 1.165) is 11.6 Å². The Morgan fingerprint density at radius 1 is 1.07 bits per heavy atom. The predicted molar refractivity (Wildman–Crippen MR) is 120 cm³/mol. The summed E-state index contributed by atoms with van der Waals surface area (Å²) in [5, 5.41) is 2.65. The number of carbonyl (C=O) groups is 2. The van der Waals surface area contributed by atoms with Gasteiger partial charge >= 0.3 is 5.97 Å². The smallest absolute Gasteiger partial charge is 0.331 e. The second-order valence-corrected chi connectivity index (χ2v) is 13.2. The Kier molecular flexibility index (Phi) is 7.45. The summed E-state index contributed by atoms with van der Waals surface area (Å²) in [5.74, 6) is -0.514. The van der Waals surface area contributed by atoms with Crippen molar-refractivity contribution in [2.75, 3.05) is 6.61 Å². The van der Waals surface area contributed by atoms with Crippen molar-refractivity contribution in [1.29, 1.82) is 0 Å². The first-order valence-corrected chi connectivity index (χ1v) is 13.8. The van der Waals surface area contributed by atoms with Crippen molar-refractivity contribution in [3.63, 3.8) is 0 Å². The summed E-state index contributed by atoms with van der Waals surface area (Å²) in [6, 6.07) is 20.3. The average molecular weight is 426 g/mol. The normalized spacial score (nSPS) is 19.6. The van der Waals surface area contributed by atoms with Gasteiger partial charge in [0.1, 0.15) is 6.61 Å². The van der Waals surface area contributed by atoms with Crippen LogP contribution in [-0.4, -0.2) is 37.7 Å². The molecule has 0 N–H and O–H groups in total. The van der Waals surface area contributed by atoms with E-state index >= 15 is 0 Å². The molecule has 2 unspecified atom stereocenters. The zero-order chi connectivity index (χ0) is 21.6. The second kappa shape index (κ2) is 10.0. The zero-order valence-corrected chi connectivity index (χ0v) is 19.0. The lowest BCUT2D eigenvalue weighted by atomic mass is 9.91. The first kappa shape index (κ1) is 22.2. The highest BCUT2D eigenvalue weighted by Crippen LogP contribution is 2.33. The molecule has 3 rings (SSSR count). The third-order valence-corrected chi connectivity index (χ3v) is 9.18. The minimum atomic E-state index is -1.82. The van der Waals surface area contributed by atoms with Gasteiger partial charge in [-0.05, 0) is 30.9 Å². The molecule has 1 aliphatic rings. The number of esters is 1. The van der Waals surface area contributed by atoms with Gasteiger partial charge in [0.25, 0.3) is 0 Å². The van der Waals surface area contributed by atoms with Crippen LogP contribution in [0.25, 0.3) is 0 Å². The number of hydrogen-bond acceptors (Lipinski definition) is 4. The fourth-order valence-corrected chi connectivity index (χ4v) is 7.26. The maximum Gasteiger partial charge on any atom is 0.331 e. The van der Waals surface area contributed by atoms with Crippen LogP contribution in [0.15, 0.2) is 60.7 Å². The first-order chi connectivity index (χ1) is 14.4. The van der Waals surface area contributed by atoms with Gasteiger partial charge in [-0.2, -0.15) is 0 Å². The molecule has 0 spiro atoms. The Labute approximate surface area is 180 Å². The summed E-state index contributed by atoms with van der Waals surface area (Å²) >= 11 is 0. The molecule has 160 valence electrons. The monoisotopic (exact) mass is 425 g/mol. The van der Waals surface area contributed by atoms with Crippen LogP contribution in [0.3, 0.4) is 0 Å². The summed E-state index contributed by atoms with van der Waals surface area (Å²) in [6.07, 6.45) is 1.06. The van der Waals surface area contributed by atoms with E-state index in [1.807, 2.05) is 36.4 Å². The SMILES string of the molecule is CCOC(=O)C1C(C[Si](C)(C)c2ccccc2)CCC(=O)N1OCc1ccccc1. The Hall–Kier alpha value is -2.44. The molecule has 0 aliphatic carbocycles. The van der Waals surface area contributed by atoms with Crippen LogP contribution >= 0.6 is 0 Å². The standard InChI is InChI=1S/C24H31NO4Si/c1-4-28-24(27)23-20(18-30(2,3)21-13-9-6-10-14-21)15-16-22(26)25(23)29-17-19-11-7-5-8-12-19/h5-14,20,23H,4,15-18H2,1-3H3. The Balaban J connectivity index is 1.82. The third-order valence-electron chi connectivity index (χ3n) is 5.74. The lowest BCUT2D eigenvalue weighted by Gasteiger charge is -2.40. The molecule has 0 aromatic heterocycles. The van der Waals surface area contributed by atoms with Crippen LogP contribution in [0.2, 0.25) is 19.1 Å². The van der Waals surface area contributed by atoms with Gasteiger partial charge < -0.3 is 4.74 Å². The Morgan fingerprint density at radius 2 is 1.70 bits per heavy atom. The van der Waals surface area contributed by atoms with Gasteiger partial charge in [0.2, 0.25) is 5.91 Å². The largest absolute Gasteiger partial charge is 0.464 e. The highest BCUT2D eigenvalue weighted by Gasteiger charge is 2.45. The number of hydrogen-bond donors (Lipinski definition) is 0. The summed E-state index contributed by atoms with van der Waals surface area (Å²) in [5.41, 5.74) is 0.953. The molecule has 0 saturated carbocycles. The Bertz CT molecular complexity index is 841. The number of rotatable bonds is 8. The topological polar surface area (TPSA) is 55.8 Å². The van der Waals surface area contributed by atoms with E-state index in [0.29, 0.717) is 12.8 Å². The van der Waals surface area contributed by atoms with Crippen LogP contribution in [0.5, 0.6) is 0 Å². The second-order valence-electron chi connectivity index (χ2n) is 8.43. The van der Waals surface area contributed by atoms with Gasteiger partial charge in [0.05, 0.1) is 14.7 Å². The van der Waals surface area contributed by atoms with Crippen LogP contribution in [0.1, 0.15) is 25.3 Å². The zero-order valence-electron chi connectivity index (χ0n) is 18.0.